The molecule has 0 saturated heterocycles. The average molecular weight is 408 g/mol. The highest BCUT2D eigenvalue weighted by Crippen LogP contribution is 2.45. The summed E-state index contributed by atoms with van der Waals surface area (Å²) in [4.78, 5) is 16.5. The largest absolute Gasteiger partial charge is 0.451 e. The van der Waals surface area contributed by atoms with Crippen LogP contribution in [0.3, 0.4) is 0 Å². The molecule has 2 aliphatic rings. The molecule has 0 bridgehead atoms. The number of nitrogens with zero attached hydrogens (tertiary/aromatic N) is 4. The third-order valence-electron chi connectivity index (χ3n) is 5.54. The van der Waals surface area contributed by atoms with Crippen molar-refractivity contribution >= 4 is 28.5 Å². The van der Waals surface area contributed by atoms with Gasteiger partial charge in [0, 0.05) is 28.2 Å². The van der Waals surface area contributed by atoms with Gasteiger partial charge in [-0.05, 0) is 42.5 Å². The first-order valence-electron chi connectivity index (χ1n) is 9.23. The maximum atomic E-state index is 13.1. The van der Waals surface area contributed by atoms with Crippen LogP contribution in [-0.2, 0) is 12.6 Å². The van der Waals surface area contributed by atoms with Crippen molar-refractivity contribution in [1.29, 1.82) is 0 Å². The minimum absolute atomic E-state index is 0.0790. The van der Waals surface area contributed by atoms with E-state index in [1.165, 1.54) is 5.56 Å². The van der Waals surface area contributed by atoms with Crippen LogP contribution in [0.4, 0.5) is 19.1 Å². The monoisotopic (exact) mass is 407 g/mol. The van der Waals surface area contributed by atoms with Gasteiger partial charge in [-0.25, -0.2) is 9.97 Å². The molecule has 0 amide bonds. The minimum Gasteiger partial charge on any atom is -0.356 e. The molecule has 5 nitrogen and oxygen atoms in total. The van der Waals surface area contributed by atoms with E-state index in [2.05, 4.69) is 19.9 Å². The first kappa shape index (κ1) is 17.7. The van der Waals surface area contributed by atoms with Crippen molar-refractivity contribution in [3.63, 3.8) is 0 Å². The molecule has 146 valence electrons. The zero-order chi connectivity index (χ0) is 19.5. The molecule has 1 fully saturated rings. The lowest BCUT2D eigenvalue weighted by atomic mass is 9.94. The molecular formula is C19H17ClF3N5. The fraction of sp³-hybridized carbons (Fsp3) is 0.421. The topological polar surface area (TPSA) is 57.7 Å². The van der Waals surface area contributed by atoms with Crippen LogP contribution in [0.2, 0.25) is 5.02 Å². The molecular weight excluding hydrogens is 391 g/mol. The number of anilines is 1. The van der Waals surface area contributed by atoms with Crippen LogP contribution in [0.1, 0.15) is 42.4 Å². The molecule has 1 N–H and O–H groups in total. The number of benzene rings is 1. The number of hydrogen-bond donors (Lipinski definition) is 1. The van der Waals surface area contributed by atoms with Crippen LogP contribution < -0.4 is 4.90 Å². The van der Waals surface area contributed by atoms with Crippen molar-refractivity contribution in [2.45, 2.75) is 37.9 Å². The van der Waals surface area contributed by atoms with Gasteiger partial charge in [-0.15, -0.1) is 0 Å². The predicted octanol–water partition coefficient (Wildman–Crippen LogP) is 4.93. The van der Waals surface area contributed by atoms with Gasteiger partial charge in [-0.3, -0.25) is 0 Å². The number of nitrogens with one attached hydrogen (secondary N) is 1. The Hall–Kier alpha value is -2.35. The molecule has 1 saturated carbocycles. The number of halogens is 4. The highest BCUT2D eigenvalue weighted by molar-refractivity contribution is 6.31. The van der Waals surface area contributed by atoms with Crippen LogP contribution in [0, 0.1) is 5.92 Å². The summed E-state index contributed by atoms with van der Waals surface area (Å²) >= 11 is 6.18. The molecule has 3 heterocycles. The molecule has 5 rings (SSSR count). The SMILES string of the molecule is FC(F)(F)c1ncnc(N2CCc3c([nH]c4ccc(Cl)cc34)[C@@H]2CC2CC2)n1. The fourth-order valence-corrected chi connectivity index (χ4v) is 4.23. The molecule has 3 aromatic rings. The summed E-state index contributed by atoms with van der Waals surface area (Å²) in [5.41, 5.74) is 3.21. The van der Waals surface area contributed by atoms with Gasteiger partial charge in [0.1, 0.15) is 6.33 Å². The van der Waals surface area contributed by atoms with Crippen molar-refractivity contribution in [1.82, 2.24) is 19.9 Å². The third-order valence-corrected chi connectivity index (χ3v) is 5.77. The van der Waals surface area contributed by atoms with Gasteiger partial charge in [0.15, 0.2) is 0 Å². The second kappa shape index (κ2) is 6.34. The molecule has 2 aromatic heterocycles. The van der Waals surface area contributed by atoms with Gasteiger partial charge >= 0.3 is 6.18 Å². The van der Waals surface area contributed by atoms with Crippen LogP contribution in [0.25, 0.3) is 10.9 Å². The van der Waals surface area contributed by atoms with E-state index in [1.807, 2.05) is 23.1 Å². The summed E-state index contributed by atoms with van der Waals surface area (Å²) in [7, 11) is 0. The predicted molar refractivity (Wildman–Crippen MR) is 99.3 cm³/mol. The first-order valence-corrected chi connectivity index (χ1v) is 9.61. The number of rotatable bonds is 3. The molecule has 1 aromatic carbocycles. The summed E-state index contributed by atoms with van der Waals surface area (Å²) in [5.74, 6) is -0.496. The minimum atomic E-state index is -4.59. The molecule has 1 atom stereocenters. The molecule has 9 heteroatoms. The molecule has 28 heavy (non-hydrogen) atoms. The quantitative estimate of drug-likeness (QED) is 0.669. The summed E-state index contributed by atoms with van der Waals surface area (Å²) < 4.78 is 39.2. The normalized spacial score (nSPS) is 19.9. The Bertz CT molecular complexity index is 1040. The van der Waals surface area contributed by atoms with Gasteiger partial charge in [-0.1, -0.05) is 24.4 Å². The van der Waals surface area contributed by atoms with E-state index in [9.17, 15) is 13.2 Å². The lowest BCUT2D eigenvalue weighted by Crippen LogP contribution is -2.37. The smallest absolute Gasteiger partial charge is 0.356 e. The van der Waals surface area contributed by atoms with Crippen molar-refractivity contribution in [3.05, 3.63) is 46.6 Å². The number of aromatic amines is 1. The van der Waals surface area contributed by atoms with Crippen molar-refractivity contribution in [2.24, 2.45) is 5.92 Å². The Morgan fingerprint density at radius 3 is 2.79 bits per heavy atom. The Morgan fingerprint density at radius 2 is 2.04 bits per heavy atom. The van der Waals surface area contributed by atoms with Gasteiger partial charge in [0.2, 0.25) is 11.8 Å². The van der Waals surface area contributed by atoms with E-state index in [1.54, 1.807) is 0 Å². The Labute approximate surface area is 164 Å². The van der Waals surface area contributed by atoms with Gasteiger partial charge in [0.05, 0.1) is 6.04 Å². The molecule has 1 aliphatic heterocycles. The maximum Gasteiger partial charge on any atom is 0.451 e. The van der Waals surface area contributed by atoms with Gasteiger partial charge in [0.25, 0.3) is 0 Å². The van der Waals surface area contributed by atoms with E-state index in [4.69, 9.17) is 11.6 Å². The van der Waals surface area contributed by atoms with E-state index in [0.717, 1.165) is 42.2 Å². The number of alkyl halides is 3. The summed E-state index contributed by atoms with van der Waals surface area (Å²) in [6.07, 6.45) is 0.195. The van der Waals surface area contributed by atoms with Crippen LogP contribution in [0.5, 0.6) is 0 Å². The molecule has 0 unspecified atom stereocenters. The van der Waals surface area contributed by atoms with Crippen molar-refractivity contribution in [2.75, 3.05) is 11.4 Å². The van der Waals surface area contributed by atoms with Crippen LogP contribution in [0.15, 0.2) is 24.5 Å². The second-order valence-corrected chi connectivity index (χ2v) is 7.89. The average Bonchev–Trinajstić information content (AvgIpc) is 3.40. The summed E-state index contributed by atoms with van der Waals surface area (Å²) in [6, 6.07) is 5.63. The van der Waals surface area contributed by atoms with Crippen molar-refractivity contribution < 1.29 is 13.2 Å². The Kier molecular flexibility index (Phi) is 4.01. The Morgan fingerprint density at radius 1 is 1.21 bits per heavy atom. The van der Waals surface area contributed by atoms with E-state index >= 15 is 0 Å². The number of hydrogen-bond acceptors (Lipinski definition) is 4. The van der Waals surface area contributed by atoms with E-state index < -0.39 is 12.0 Å². The zero-order valence-corrected chi connectivity index (χ0v) is 15.6. The standard InChI is InChI=1S/C19H17ClF3N5/c20-11-3-4-14-13(8-11)12-5-6-28(15(16(12)26-14)7-10-1-2-10)18-25-9-24-17(27-18)19(21,22)23/h3-4,8-10,15,26H,1-2,5-7H2/t15-/m0/s1. The number of fused-ring (bicyclic) bond motifs is 3. The second-order valence-electron chi connectivity index (χ2n) is 7.45. The maximum absolute atomic E-state index is 13.1. The summed E-state index contributed by atoms with van der Waals surface area (Å²) in [6.45, 7) is 0.547. The molecule has 0 radical (unpaired) electrons. The first-order chi connectivity index (χ1) is 13.4. The highest BCUT2D eigenvalue weighted by atomic mass is 35.5. The lowest BCUT2D eigenvalue weighted by molar-refractivity contribution is -0.145. The molecule has 1 aliphatic carbocycles. The number of aromatic nitrogens is 4. The zero-order valence-electron chi connectivity index (χ0n) is 14.8. The van der Waals surface area contributed by atoms with E-state index in [0.29, 0.717) is 23.9 Å². The third kappa shape index (κ3) is 3.09. The number of H-pyrrole nitrogens is 1. The van der Waals surface area contributed by atoms with Crippen molar-refractivity contribution in [3.8, 4) is 0 Å². The molecule has 0 spiro atoms. The fourth-order valence-electron chi connectivity index (χ4n) is 4.05. The Balaban J connectivity index is 1.59. The summed E-state index contributed by atoms with van der Waals surface area (Å²) in [5, 5.41) is 1.75. The van der Waals surface area contributed by atoms with Gasteiger partial charge < -0.3 is 9.88 Å². The van der Waals surface area contributed by atoms with Crippen LogP contribution >= 0.6 is 11.6 Å². The van der Waals surface area contributed by atoms with Gasteiger partial charge in [-0.2, -0.15) is 18.2 Å². The van der Waals surface area contributed by atoms with Crippen LogP contribution in [-0.4, -0.2) is 26.5 Å². The van der Waals surface area contributed by atoms with E-state index in [-0.39, 0.29) is 12.0 Å². The lowest BCUT2D eigenvalue weighted by Gasteiger charge is -2.36. The highest BCUT2D eigenvalue weighted by Gasteiger charge is 2.39.